The molecule has 0 saturated heterocycles. The average molecular weight is 320 g/mol. The van der Waals surface area contributed by atoms with Gasteiger partial charge in [0.05, 0.1) is 0 Å². The van der Waals surface area contributed by atoms with Crippen molar-refractivity contribution in [3.63, 3.8) is 0 Å². The summed E-state index contributed by atoms with van der Waals surface area (Å²) >= 11 is 0. The lowest BCUT2D eigenvalue weighted by molar-refractivity contribution is 0.352. The topological polar surface area (TPSA) is 52.0 Å². The second kappa shape index (κ2) is 6.34. The van der Waals surface area contributed by atoms with Crippen molar-refractivity contribution in [2.45, 2.75) is 50.4 Å². The highest BCUT2D eigenvalue weighted by atomic mass is 14.5. The zero-order valence-corrected chi connectivity index (χ0v) is 14.5. The van der Waals surface area contributed by atoms with Crippen molar-refractivity contribution in [1.82, 2.24) is 0 Å². The van der Waals surface area contributed by atoms with Gasteiger partial charge in [0.2, 0.25) is 0 Å². The van der Waals surface area contributed by atoms with E-state index in [0.29, 0.717) is 6.54 Å². The lowest BCUT2D eigenvalue weighted by Crippen LogP contribution is -2.28. The quantitative estimate of drug-likeness (QED) is 0.897. The van der Waals surface area contributed by atoms with Crippen LogP contribution in [0.25, 0.3) is 11.1 Å². The van der Waals surface area contributed by atoms with E-state index in [1.165, 1.54) is 54.4 Å². The highest BCUT2D eigenvalue weighted by molar-refractivity contribution is 5.82. The molecule has 0 unspecified atom stereocenters. The highest BCUT2D eigenvalue weighted by Gasteiger charge is 2.43. The first-order valence-electron chi connectivity index (χ1n) is 9.46. The van der Waals surface area contributed by atoms with E-state index in [9.17, 15) is 0 Å². The molecule has 4 rings (SSSR count). The van der Waals surface area contributed by atoms with Crippen molar-refractivity contribution in [2.75, 3.05) is 13.1 Å². The van der Waals surface area contributed by atoms with E-state index in [-0.39, 0.29) is 5.41 Å². The van der Waals surface area contributed by atoms with Crippen molar-refractivity contribution < 1.29 is 0 Å². The summed E-state index contributed by atoms with van der Waals surface area (Å²) in [7, 11) is 0. The minimum Gasteiger partial charge on any atom is -0.330 e. The first-order valence-corrected chi connectivity index (χ1v) is 9.46. The van der Waals surface area contributed by atoms with Gasteiger partial charge in [0.15, 0.2) is 0 Å². The van der Waals surface area contributed by atoms with Gasteiger partial charge in [-0.1, -0.05) is 55.7 Å². The number of rotatable bonds is 4. The van der Waals surface area contributed by atoms with E-state index < -0.39 is 0 Å². The summed E-state index contributed by atoms with van der Waals surface area (Å²) in [6.07, 6.45) is 8.55. The van der Waals surface area contributed by atoms with Crippen LogP contribution in [0.1, 0.15) is 54.4 Å². The van der Waals surface area contributed by atoms with Gasteiger partial charge in [-0.2, -0.15) is 0 Å². The van der Waals surface area contributed by atoms with E-state index in [0.717, 1.165) is 19.4 Å². The molecule has 24 heavy (non-hydrogen) atoms. The van der Waals surface area contributed by atoms with Crippen LogP contribution in [0.2, 0.25) is 0 Å². The molecule has 126 valence electrons. The normalized spacial score (nSPS) is 17.8. The largest absolute Gasteiger partial charge is 0.330 e. The van der Waals surface area contributed by atoms with Crippen LogP contribution in [0, 0.1) is 0 Å². The maximum atomic E-state index is 5.80. The minimum atomic E-state index is 0.245. The van der Waals surface area contributed by atoms with Crippen LogP contribution in [0.5, 0.6) is 0 Å². The van der Waals surface area contributed by atoms with Crippen LogP contribution >= 0.6 is 0 Å². The molecule has 4 N–H and O–H groups in total. The van der Waals surface area contributed by atoms with Crippen LogP contribution in [0.3, 0.4) is 0 Å². The molecule has 0 aromatic heterocycles. The lowest BCUT2D eigenvalue weighted by atomic mass is 9.67. The third kappa shape index (κ3) is 2.40. The molecule has 2 heteroatoms. The molecule has 1 spiro atoms. The summed E-state index contributed by atoms with van der Waals surface area (Å²) in [6.45, 7) is 1.44. The van der Waals surface area contributed by atoms with Crippen LogP contribution in [-0.2, 0) is 18.3 Å². The number of benzene rings is 2. The molecule has 2 aromatic carbocycles. The van der Waals surface area contributed by atoms with Crippen molar-refractivity contribution in [3.05, 3.63) is 58.7 Å². The molecule has 0 bridgehead atoms. The Kier molecular flexibility index (Phi) is 4.19. The van der Waals surface area contributed by atoms with Gasteiger partial charge in [-0.3, -0.25) is 0 Å². The van der Waals surface area contributed by atoms with E-state index in [1.807, 2.05) is 0 Å². The monoisotopic (exact) mass is 320 g/mol. The zero-order chi connectivity index (χ0) is 16.6. The van der Waals surface area contributed by atoms with Gasteiger partial charge in [-0.05, 0) is 72.2 Å². The van der Waals surface area contributed by atoms with E-state index in [4.69, 9.17) is 11.5 Å². The molecule has 1 saturated carbocycles. The predicted octanol–water partition coefficient (Wildman–Crippen LogP) is 3.92. The van der Waals surface area contributed by atoms with E-state index in [1.54, 1.807) is 11.1 Å². The molecule has 1 fully saturated rings. The van der Waals surface area contributed by atoms with Crippen LogP contribution in [-0.4, -0.2) is 13.1 Å². The van der Waals surface area contributed by atoms with Crippen LogP contribution < -0.4 is 11.5 Å². The molecular formula is C22H28N2. The summed E-state index contributed by atoms with van der Waals surface area (Å²) in [6, 6.07) is 14.2. The maximum Gasteiger partial charge on any atom is 0.0215 e. The Morgan fingerprint density at radius 3 is 2.08 bits per heavy atom. The molecule has 0 amide bonds. The summed E-state index contributed by atoms with van der Waals surface area (Å²) in [4.78, 5) is 0. The second-order valence-corrected chi connectivity index (χ2v) is 7.48. The molecule has 0 aliphatic heterocycles. The number of hydrogen-bond donors (Lipinski definition) is 2. The third-order valence-corrected chi connectivity index (χ3v) is 6.06. The smallest absolute Gasteiger partial charge is 0.0215 e. The summed E-state index contributed by atoms with van der Waals surface area (Å²) in [5.74, 6) is 0. The molecular weight excluding hydrogens is 292 g/mol. The van der Waals surface area contributed by atoms with Gasteiger partial charge >= 0.3 is 0 Å². The Bertz CT molecular complexity index is 742. The molecule has 2 aliphatic carbocycles. The predicted molar refractivity (Wildman–Crippen MR) is 101 cm³/mol. The highest BCUT2D eigenvalue weighted by Crippen LogP contribution is 2.56. The van der Waals surface area contributed by atoms with Crippen LogP contribution in [0.15, 0.2) is 36.4 Å². The second-order valence-electron chi connectivity index (χ2n) is 7.48. The molecule has 0 atom stereocenters. The Balaban J connectivity index is 1.89. The van der Waals surface area contributed by atoms with Gasteiger partial charge < -0.3 is 11.5 Å². The van der Waals surface area contributed by atoms with Crippen molar-refractivity contribution >= 4 is 0 Å². The molecule has 0 radical (unpaired) electrons. The Morgan fingerprint density at radius 1 is 0.708 bits per heavy atom. The fraction of sp³-hybridized carbons (Fsp3) is 0.455. The number of hydrogen-bond acceptors (Lipinski definition) is 2. The molecule has 2 aliphatic rings. The Hall–Kier alpha value is -1.64. The standard InChI is InChI=1S/C22H28N2/c23-12-8-16-5-7-20-19(14-16)18-6-4-17(9-13-24)15-21(18)22(20)10-2-1-3-11-22/h4-7,14-15H,1-3,8-13,23-24H2. The fourth-order valence-corrected chi connectivity index (χ4v) is 4.94. The van der Waals surface area contributed by atoms with Crippen LogP contribution in [0.4, 0.5) is 0 Å². The van der Waals surface area contributed by atoms with Gasteiger partial charge in [-0.15, -0.1) is 0 Å². The third-order valence-electron chi connectivity index (χ3n) is 6.06. The lowest BCUT2D eigenvalue weighted by Gasteiger charge is -2.36. The zero-order valence-electron chi connectivity index (χ0n) is 14.5. The number of fused-ring (bicyclic) bond motifs is 5. The fourth-order valence-electron chi connectivity index (χ4n) is 4.94. The summed E-state index contributed by atoms with van der Waals surface area (Å²) in [5.41, 5.74) is 20.6. The Morgan fingerprint density at radius 2 is 1.38 bits per heavy atom. The molecule has 2 aromatic rings. The van der Waals surface area contributed by atoms with Gasteiger partial charge in [0.1, 0.15) is 0 Å². The van der Waals surface area contributed by atoms with Crippen molar-refractivity contribution in [3.8, 4) is 11.1 Å². The van der Waals surface area contributed by atoms with Crippen molar-refractivity contribution in [2.24, 2.45) is 11.5 Å². The first kappa shape index (κ1) is 15.9. The van der Waals surface area contributed by atoms with Gasteiger partial charge in [0.25, 0.3) is 0 Å². The summed E-state index contributed by atoms with van der Waals surface area (Å²) in [5, 5.41) is 0. The van der Waals surface area contributed by atoms with Gasteiger partial charge in [0, 0.05) is 5.41 Å². The summed E-state index contributed by atoms with van der Waals surface area (Å²) < 4.78 is 0. The average Bonchev–Trinajstić information content (AvgIpc) is 2.86. The molecule has 0 heterocycles. The van der Waals surface area contributed by atoms with Gasteiger partial charge in [-0.25, -0.2) is 0 Å². The SMILES string of the molecule is NCCc1ccc2c(c1)-c1ccc(CCN)cc1C21CCCCC1. The first-order chi connectivity index (χ1) is 11.8. The Labute approximate surface area is 145 Å². The maximum absolute atomic E-state index is 5.80. The number of nitrogens with two attached hydrogens (primary N) is 2. The van der Waals surface area contributed by atoms with Crippen molar-refractivity contribution in [1.29, 1.82) is 0 Å². The minimum absolute atomic E-state index is 0.245. The molecule has 2 nitrogen and oxygen atoms in total. The van der Waals surface area contributed by atoms with E-state index >= 15 is 0 Å². The van der Waals surface area contributed by atoms with E-state index in [2.05, 4.69) is 36.4 Å².